The molecule has 33 heavy (non-hydrogen) atoms. The smallest absolute Gasteiger partial charge is 0.231 e. The molecule has 0 amide bonds. The molecule has 2 aliphatic heterocycles. The van der Waals surface area contributed by atoms with Crippen LogP contribution in [-0.2, 0) is 13.0 Å². The van der Waals surface area contributed by atoms with Crippen LogP contribution in [0.2, 0.25) is 0 Å². The van der Waals surface area contributed by atoms with Crippen LogP contribution in [0.3, 0.4) is 0 Å². The first-order valence-electron chi connectivity index (χ1n) is 10.9. The molecule has 0 saturated carbocycles. The van der Waals surface area contributed by atoms with E-state index in [0.29, 0.717) is 30.3 Å². The van der Waals surface area contributed by atoms with Gasteiger partial charge in [-0.1, -0.05) is 24.3 Å². The number of fused-ring (bicyclic) bond motifs is 2. The van der Waals surface area contributed by atoms with Gasteiger partial charge in [0.25, 0.3) is 0 Å². The summed E-state index contributed by atoms with van der Waals surface area (Å²) in [4.78, 5) is 15.3. The lowest BCUT2D eigenvalue weighted by Gasteiger charge is -2.30. The number of nitrogens with zero attached hydrogens (tertiary/aromatic N) is 1. The van der Waals surface area contributed by atoms with Crippen LogP contribution in [-0.4, -0.2) is 31.1 Å². The van der Waals surface area contributed by atoms with Crippen LogP contribution in [0.5, 0.6) is 17.2 Å². The van der Waals surface area contributed by atoms with E-state index in [0.717, 1.165) is 46.7 Å². The summed E-state index contributed by atoms with van der Waals surface area (Å²) in [5.41, 5.74) is 4.31. The molecular weight excluding hydrogens is 421 g/mol. The zero-order chi connectivity index (χ0) is 22.9. The summed E-state index contributed by atoms with van der Waals surface area (Å²) in [6.45, 7) is 3.83. The summed E-state index contributed by atoms with van der Waals surface area (Å²) in [6.07, 6.45) is 2.54. The molecule has 0 aromatic heterocycles. The highest BCUT2D eigenvalue weighted by molar-refractivity contribution is 6.15. The van der Waals surface area contributed by atoms with Crippen molar-refractivity contribution in [1.29, 1.82) is 0 Å². The highest BCUT2D eigenvalue weighted by Crippen LogP contribution is 2.43. The van der Waals surface area contributed by atoms with Gasteiger partial charge < -0.3 is 14.2 Å². The first kappa shape index (κ1) is 21.2. The Labute approximate surface area is 192 Å². The summed E-state index contributed by atoms with van der Waals surface area (Å²) < 4.78 is 30.3. The molecule has 5 nitrogen and oxygen atoms in total. The van der Waals surface area contributed by atoms with Crippen molar-refractivity contribution in [1.82, 2.24) is 4.90 Å². The van der Waals surface area contributed by atoms with Crippen LogP contribution < -0.4 is 14.2 Å². The first-order valence-corrected chi connectivity index (χ1v) is 10.9. The van der Waals surface area contributed by atoms with Crippen molar-refractivity contribution in [3.63, 3.8) is 0 Å². The summed E-state index contributed by atoms with van der Waals surface area (Å²) in [5, 5.41) is 0. The quantitative estimate of drug-likeness (QED) is 0.508. The number of methoxy groups -OCH3 is 1. The lowest BCUT2D eigenvalue weighted by Crippen LogP contribution is -2.34. The van der Waals surface area contributed by atoms with Gasteiger partial charge >= 0.3 is 0 Å². The van der Waals surface area contributed by atoms with E-state index < -0.39 is 0 Å². The van der Waals surface area contributed by atoms with Crippen molar-refractivity contribution in [2.45, 2.75) is 19.9 Å². The van der Waals surface area contributed by atoms with E-state index in [2.05, 4.69) is 4.90 Å². The van der Waals surface area contributed by atoms with E-state index >= 15 is 0 Å². The Morgan fingerprint density at radius 2 is 1.85 bits per heavy atom. The molecule has 2 heterocycles. The highest BCUT2D eigenvalue weighted by atomic mass is 19.1. The van der Waals surface area contributed by atoms with Gasteiger partial charge in [0.05, 0.1) is 12.7 Å². The molecule has 3 aromatic rings. The Bertz CT molecular complexity index is 1230. The second kappa shape index (κ2) is 8.71. The number of hydrogen-bond donors (Lipinski definition) is 0. The molecule has 0 unspecified atom stereocenters. The molecule has 0 fully saturated rings. The second-order valence-electron chi connectivity index (χ2n) is 8.28. The zero-order valence-corrected chi connectivity index (χ0v) is 18.6. The van der Waals surface area contributed by atoms with Gasteiger partial charge in [-0.2, -0.15) is 0 Å². The maximum Gasteiger partial charge on any atom is 0.231 e. The first-order chi connectivity index (χ1) is 16.0. The van der Waals surface area contributed by atoms with Crippen molar-refractivity contribution < 1.29 is 23.4 Å². The molecule has 168 valence electrons. The van der Waals surface area contributed by atoms with E-state index in [4.69, 9.17) is 14.2 Å². The Hall–Kier alpha value is -3.64. The molecule has 5 rings (SSSR count). The van der Waals surface area contributed by atoms with Crippen LogP contribution in [0.4, 0.5) is 4.39 Å². The fourth-order valence-electron chi connectivity index (χ4n) is 4.23. The number of allylic oxidation sites excluding steroid dienone is 1. The Kier molecular flexibility index (Phi) is 5.60. The average Bonchev–Trinajstić information content (AvgIpc) is 3.14. The van der Waals surface area contributed by atoms with E-state index in [1.54, 1.807) is 25.3 Å². The van der Waals surface area contributed by atoms with Crippen LogP contribution in [0.25, 0.3) is 6.08 Å². The molecule has 0 spiro atoms. The Balaban J connectivity index is 1.34. The van der Waals surface area contributed by atoms with Gasteiger partial charge in [-0.15, -0.1) is 0 Å². The number of carbonyl (C=O) groups is 1. The summed E-state index contributed by atoms with van der Waals surface area (Å²) in [6, 6.07) is 15.9. The number of ether oxygens (including phenoxy) is 3. The standard InChI is InChI=1S/C27H24FNO4/c1-17-26-20(15-29(16-32-26)12-11-18-3-7-21(28)8-4-18)14-23-25(30)24(33-27(17)23)13-19-5-9-22(31-2)10-6-19/h3-10,13-14H,11-12,15-16H2,1-2H3/b24-13-. The second-order valence-corrected chi connectivity index (χ2v) is 8.28. The van der Waals surface area contributed by atoms with Crippen molar-refractivity contribution in [3.8, 4) is 17.2 Å². The molecule has 2 aliphatic rings. The minimum atomic E-state index is -0.231. The fraction of sp³-hybridized carbons (Fsp3) is 0.222. The van der Waals surface area contributed by atoms with Crippen molar-refractivity contribution in [3.05, 3.63) is 94.0 Å². The van der Waals surface area contributed by atoms with E-state index in [-0.39, 0.29) is 11.6 Å². The Morgan fingerprint density at radius 1 is 1.09 bits per heavy atom. The maximum atomic E-state index is 13.1. The predicted molar refractivity (Wildman–Crippen MR) is 123 cm³/mol. The summed E-state index contributed by atoms with van der Waals surface area (Å²) in [5.74, 6) is 2.04. The van der Waals surface area contributed by atoms with Crippen LogP contribution in [0.15, 0.2) is 60.4 Å². The molecular formula is C27H24FNO4. The number of halogens is 1. The van der Waals surface area contributed by atoms with Crippen molar-refractivity contribution in [2.24, 2.45) is 0 Å². The van der Waals surface area contributed by atoms with Gasteiger partial charge in [-0.25, -0.2) is 4.39 Å². The van der Waals surface area contributed by atoms with Crippen LogP contribution in [0.1, 0.15) is 32.6 Å². The maximum absolute atomic E-state index is 13.1. The monoisotopic (exact) mass is 445 g/mol. The number of carbonyl (C=O) groups excluding carboxylic acids is 1. The molecule has 0 aliphatic carbocycles. The zero-order valence-electron chi connectivity index (χ0n) is 18.6. The topological polar surface area (TPSA) is 48.0 Å². The number of rotatable bonds is 5. The van der Waals surface area contributed by atoms with Crippen molar-refractivity contribution in [2.75, 3.05) is 20.4 Å². The fourth-order valence-corrected chi connectivity index (χ4v) is 4.23. The van der Waals surface area contributed by atoms with E-state index in [1.165, 1.54) is 12.1 Å². The van der Waals surface area contributed by atoms with Gasteiger partial charge in [-0.05, 0) is 60.9 Å². The Morgan fingerprint density at radius 3 is 2.58 bits per heavy atom. The summed E-state index contributed by atoms with van der Waals surface area (Å²) >= 11 is 0. The van der Waals surface area contributed by atoms with Crippen LogP contribution >= 0.6 is 0 Å². The molecule has 6 heteroatoms. The molecule has 0 N–H and O–H groups in total. The lowest BCUT2D eigenvalue weighted by atomic mass is 10.00. The minimum Gasteiger partial charge on any atom is -0.497 e. The third kappa shape index (κ3) is 4.22. The number of benzene rings is 3. The van der Waals surface area contributed by atoms with E-state index in [1.807, 2.05) is 37.3 Å². The SMILES string of the molecule is COc1ccc(/C=C2\Oc3c(cc4c(c3C)OCN(CCc3ccc(F)cc3)C4)C2=O)cc1. The predicted octanol–water partition coefficient (Wildman–Crippen LogP) is 5.15. The largest absolute Gasteiger partial charge is 0.497 e. The molecule has 0 saturated heterocycles. The minimum absolute atomic E-state index is 0.129. The third-order valence-corrected chi connectivity index (χ3v) is 6.05. The van der Waals surface area contributed by atoms with Crippen LogP contribution in [0, 0.1) is 12.7 Å². The summed E-state index contributed by atoms with van der Waals surface area (Å²) in [7, 11) is 1.62. The van der Waals surface area contributed by atoms with E-state index in [9.17, 15) is 9.18 Å². The lowest BCUT2D eigenvalue weighted by molar-refractivity contribution is 0.0954. The molecule has 0 radical (unpaired) electrons. The number of Topliss-reactive ketones (excluding diaryl/α,β-unsaturated/α-hetero) is 1. The van der Waals surface area contributed by atoms with Crippen molar-refractivity contribution >= 4 is 11.9 Å². The third-order valence-electron chi connectivity index (χ3n) is 6.05. The molecule has 3 aromatic carbocycles. The molecule has 0 bridgehead atoms. The van der Waals surface area contributed by atoms with Gasteiger partial charge in [0.1, 0.15) is 29.8 Å². The molecule has 0 atom stereocenters. The van der Waals surface area contributed by atoms with Gasteiger partial charge in [0.15, 0.2) is 5.76 Å². The highest BCUT2D eigenvalue weighted by Gasteiger charge is 2.33. The van der Waals surface area contributed by atoms with Gasteiger partial charge in [0, 0.05) is 24.2 Å². The number of ketones is 1. The average molecular weight is 445 g/mol. The van der Waals surface area contributed by atoms with Gasteiger partial charge in [0.2, 0.25) is 5.78 Å². The normalized spacial score (nSPS) is 16.2. The van der Waals surface area contributed by atoms with Gasteiger partial charge in [-0.3, -0.25) is 9.69 Å². The number of hydrogen-bond acceptors (Lipinski definition) is 5.